The maximum atomic E-state index is 11.1. The molecule has 0 bridgehead atoms. The van der Waals surface area contributed by atoms with Crippen LogP contribution in [0.15, 0.2) is 24.5 Å². The first kappa shape index (κ1) is 12.6. The second-order valence-electron chi connectivity index (χ2n) is 3.85. The van der Waals surface area contributed by atoms with Gasteiger partial charge in [0.05, 0.1) is 13.5 Å². The molecule has 1 aromatic heterocycles. The predicted molar refractivity (Wildman–Crippen MR) is 61.9 cm³/mol. The minimum atomic E-state index is -0.193. The molecule has 88 valence electrons. The molecule has 0 fully saturated rings. The number of carbonyl (C=O) groups is 1. The van der Waals surface area contributed by atoms with Crippen molar-refractivity contribution in [2.24, 2.45) is 0 Å². The Kier molecular flexibility index (Phi) is 4.92. The van der Waals surface area contributed by atoms with Crippen LogP contribution in [0.2, 0.25) is 0 Å². The second kappa shape index (κ2) is 6.23. The van der Waals surface area contributed by atoms with Gasteiger partial charge in [0.1, 0.15) is 0 Å². The van der Waals surface area contributed by atoms with E-state index in [0.717, 1.165) is 5.56 Å². The highest BCUT2D eigenvalue weighted by molar-refractivity contribution is 5.69. The molecule has 0 radical (unpaired) electrons. The van der Waals surface area contributed by atoms with Gasteiger partial charge in [0.15, 0.2) is 0 Å². The molecule has 0 spiro atoms. The summed E-state index contributed by atoms with van der Waals surface area (Å²) in [5.41, 5.74) is 1.16. The largest absolute Gasteiger partial charge is 0.469 e. The average Bonchev–Trinajstić information content (AvgIpc) is 2.29. The van der Waals surface area contributed by atoms with E-state index in [1.807, 2.05) is 19.1 Å². The Bertz CT molecular complexity index is 327. The molecular formula is C12H18N2O2. The monoisotopic (exact) mass is 222 g/mol. The number of hydrogen-bond donors (Lipinski definition) is 1. The van der Waals surface area contributed by atoms with E-state index in [0.29, 0.717) is 6.42 Å². The first-order valence-corrected chi connectivity index (χ1v) is 5.36. The Morgan fingerprint density at radius 1 is 1.44 bits per heavy atom. The van der Waals surface area contributed by atoms with Crippen molar-refractivity contribution in [3.63, 3.8) is 0 Å². The molecule has 2 atom stereocenters. The van der Waals surface area contributed by atoms with Crippen LogP contribution in [-0.4, -0.2) is 24.1 Å². The first-order chi connectivity index (χ1) is 7.63. The average molecular weight is 222 g/mol. The molecule has 0 aliphatic rings. The summed E-state index contributed by atoms with van der Waals surface area (Å²) in [7, 11) is 1.40. The third-order valence-corrected chi connectivity index (χ3v) is 2.44. The minimum Gasteiger partial charge on any atom is -0.469 e. The molecule has 0 aromatic carbocycles. The Labute approximate surface area is 96.0 Å². The summed E-state index contributed by atoms with van der Waals surface area (Å²) in [6.45, 7) is 4.03. The lowest BCUT2D eigenvalue weighted by molar-refractivity contribution is -0.141. The molecule has 16 heavy (non-hydrogen) atoms. The molecule has 1 aromatic rings. The highest BCUT2D eigenvalue weighted by Crippen LogP contribution is 2.11. The number of nitrogens with one attached hydrogen (secondary N) is 1. The fraction of sp³-hybridized carbons (Fsp3) is 0.500. The fourth-order valence-electron chi connectivity index (χ4n) is 1.57. The van der Waals surface area contributed by atoms with Crippen molar-refractivity contribution in [2.75, 3.05) is 7.11 Å². The Balaban J connectivity index is 2.45. The molecule has 1 N–H and O–H groups in total. The van der Waals surface area contributed by atoms with Crippen molar-refractivity contribution in [3.8, 4) is 0 Å². The van der Waals surface area contributed by atoms with Crippen LogP contribution in [0.3, 0.4) is 0 Å². The van der Waals surface area contributed by atoms with Gasteiger partial charge >= 0.3 is 5.97 Å². The summed E-state index contributed by atoms with van der Waals surface area (Å²) >= 11 is 0. The highest BCUT2D eigenvalue weighted by atomic mass is 16.5. The predicted octanol–water partition coefficient (Wildman–Crippen LogP) is 1.68. The van der Waals surface area contributed by atoms with Crippen molar-refractivity contribution in [3.05, 3.63) is 30.1 Å². The van der Waals surface area contributed by atoms with Crippen molar-refractivity contribution in [1.82, 2.24) is 10.3 Å². The molecule has 0 aliphatic carbocycles. The fourth-order valence-corrected chi connectivity index (χ4v) is 1.57. The molecule has 1 rings (SSSR count). The Hall–Kier alpha value is -1.42. The summed E-state index contributed by atoms with van der Waals surface area (Å²) in [5.74, 6) is -0.193. The third-order valence-electron chi connectivity index (χ3n) is 2.44. The maximum Gasteiger partial charge on any atom is 0.307 e. The molecular weight excluding hydrogens is 204 g/mol. The first-order valence-electron chi connectivity index (χ1n) is 5.36. The number of hydrogen-bond acceptors (Lipinski definition) is 4. The van der Waals surface area contributed by atoms with E-state index in [9.17, 15) is 4.79 Å². The van der Waals surface area contributed by atoms with E-state index < -0.39 is 0 Å². The van der Waals surface area contributed by atoms with Crippen molar-refractivity contribution in [1.29, 1.82) is 0 Å². The lowest BCUT2D eigenvalue weighted by Gasteiger charge is -2.19. The van der Waals surface area contributed by atoms with Gasteiger partial charge in [-0.15, -0.1) is 0 Å². The normalized spacial score (nSPS) is 14.2. The summed E-state index contributed by atoms with van der Waals surface area (Å²) in [6.07, 6.45) is 3.91. The Morgan fingerprint density at radius 3 is 2.62 bits per heavy atom. The molecule has 2 unspecified atom stereocenters. The summed E-state index contributed by atoms with van der Waals surface area (Å²) in [4.78, 5) is 15.0. The van der Waals surface area contributed by atoms with Crippen LogP contribution in [0, 0.1) is 0 Å². The van der Waals surface area contributed by atoms with Crippen LogP contribution in [0.5, 0.6) is 0 Å². The van der Waals surface area contributed by atoms with Gasteiger partial charge in [0.25, 0.3) is 0 Å². The number of ether oxygens (including phenoxy) is 1. The highest BCUT2D eigenvalue weighted by Gasteiger charge is 2.12. The molecule has 0 amide bonds. The van der Waals surface area contributed by atoms with Gasteiger partial charge in [0.2, 0.25) is 0 Å². The molecule has 4 heteroatoms. The van der Waals surface area contributed by atoms with Gasteiger partial charge < -0.3 is 10.1 Å². The number of carbonyl (C=O) groups excluding carboxylic acids is 1. The number of aromatic nitrogens is 1. The van der Waals surface area contributed by atoms with Crippen LogP contribution in [0.1, 0.15) is 31.9 Å². The van der Waals surface area contributed by atoms with Crippen LogP contribution in [-0.2, 0) is 9.53 Å². The van der Waals surface area contributed by atoms with Gasteiger partial charge in [-0.05, 0) is 31.5 Å². The van der Waals surface area contributed by atoms with Crippen molar-refractivity contribution >= 4 is 5.97 Å². The van der Waals surface area contributed by atoms with Crippen molar-refractivity contribution < 1.29 is 9.53 Å². The van der Waals surface area contributed by atoms with Gasteiger partial charge in [-0.25, -0.2) is 0 Å². The quantitative estimate of drug-likeness (QED) is 0.770. The molecule has 4 nitrogen and oxygen atoms in total. The van der Waals surface area contributed by atoms with E-state index >= 15 is 0 Å². The number of pyridine rings is 1. The zero-order chi connectivity index (χ0) is 12.0. The molecule has 0 saturated heterocycles. The Morgan fingerprint density at radius 2 is 2.06 bits per heavy atom. The third kappa shape index (κ3) is 3.98. The van der Waals surface area contributed by atoms with E-state index in [-0.39, 0.29) is 18.1 Å². The van der Waals surface area contributed by atoms with Gasteiger partial charge in [-0.2, -0.15) is 0 Å². The lowest BCUT2D eigenvalue weighted by atomic mass is 10.1. The zero-order valence-electron chi connectivity index (χ0n) is 9.93. The maximum absolute atomic E-state index is 11.1. The van der Waals surface area contributed by atoms with Crippen LogP contribution >= 0.6 is 0 Å². The van der Waals surface area contributed by atoms with Crippen LogP contribution < -0.4 is 5.32 Å². The summed E-state index contributed by atoms with van der Waals surface area (Å²) in [6, 6.07) is 4.21. The van der Waals surface area contributed by atoms with E-state index in [2.05, 4.69) is 22.0 Å². The number of methoxy groups -OCH3 is 1. The van der Waals surface area contributed by atoms with Crippen LogP contribution in [0.4, 0.5) is 0 Å². The van der Waals surface area contributed by atoms with Crippen molar-refractivity contribution in [2.45, 2.75) is 32.4 Å². The molecule has 0 saturated carbocycles. The van der Waals surface area contributed by atoms with Gasteiger partial charge in [0, 0.05) is 24.5 Å². The van der Waals surface area contributed by atoms with Crippen LogP contribution in [0.25, 0.3) is 0 Å². The number of nitrogens with zero attached hydrogens (tertiary/aromatic N) is 1. The second-order valence-corrected chi connectivity index (χ2v) is 3.85. The lowest BCUT2D eigenvalue weighted by Crippen LogP contribution is -2.31. The number of esters is 1. The SMILES string of the molecule is COC(=O)CC(C)NC(C)c1ccncc1. The van der Waals surface area contributed by atoms with E-state index in [1.54, 1.807) is 12.4 Å². The van der Waals surface area contributed by atoms with Gasteiger partial charge in [-0.3, -0.25) is 9.78 Å². The van der Waals surface area contributed by atoms with E-state index in [4.69, 9.17) is 0 Å². The summed E-state index contributed by atoms with van der Waals surface area (Å²) < 4.78 is 4.62. The topological polar surface area (TPSA) is 51.2 Å². The van der Waals surface area contributed by atoms with Gasteiger partial charge in [-0.1, -0.05) is 0 Å². The standard InChI is InChI=1S/C12H18N2O2/c1-9(8-12(15)16-3)14-10(2)11-4-6-13-7-5-11/h4-7,9-10,14H,8H2,1-3H3. The smallest absolute Gasteiger partial charge is 0.307 e. The zero-order valence-corrected chi connectivity index (χ0v) is 9.93. The van der Waals surface area contributed by atoms with E-state index in [1.165, 1.54) is 7.11 Å². The number of rotatable bonds is 5. The molecule has 1 heterocycles. The minimum absolute atomic E-state index is 0.0932. The summed E-state index contributed by atoms with van der Waals surface area (Å²) in [5, 5.41) is 3.33. The molecule has 0 aliphatic heterocycles.